The molecule has 2 heterocycles. The van der Waals surface area contributed by atoms with Crippen molar-refractivity contribution in [3.05, 3.63) is 53.8 Å². The van der Waals surface area contributed by atoms with Crippen LogP contribution in [-0.2, 0) is 22.6 Å². The van der Waals surface area contributed by atoms with E-state index in [0.29, 0.717) is 35.4 Å². The molecule has 0 saturated heterocycles. The summed E-state index contributed by atoms with van der Waals surface area (Å²) in [6.45, 7) is 0.0565. The Balaban J connectivity index is 1.29. The van der Waals surface area contributed by atoms with Gasteiger partial charge in [0.1, 0.15) is 17.3 Å². The van der Waals surface area contributed by atoms with E-state index in [2.05, 4.69) is 15.5 Å². The van der Waals surface area contributed by atoms with Crippen molar-refractivity contribution in [2.75, 3.05) is 0 Å². The minimum Gasteiger partial charge on any atom is -0.461 e. The molecule has 1 saturated carbocycles. The predicted molar refractivity (Wildman–Crippen MR) is 88.3 cm³/mol. The van der Waals surface area contributed by atoms with E-state index in [1.165, 1.54) is 6.07 Å². The molecule has 8 heteroatoms. The number of rotatable bonds is 7. The largest absolute Gasteiger partial charge is 0.461 e. The monoisotopic (exact) mass is 356 g/mol. The molecule has 0 unspecified atom stereocenters. The van der Waals surface area contributed by atoms with E-state index < -0.39 is 0 Å². The van der Waals surface area contributed by atoms with Crippen molar-refractivity contribution in [2.24, 2.45) is 0 Å². The van der Waals surface area contributed by atoms with E-state index in [4.69, 9.17) is 9.15 Å². The number of carbonyl (C=O) groups excluding carboxylic acids is 1. The summed E-state index contributed by atoms with van der Waals surface area (Å²) in [5.74, 6) is 0.888. The second-order valence-corrected chi connectivity index (χ2v) is 6.18. The maximum absolute atomic E-state index is 13.8. The zero-order valence-corrected chi connectivity index (χ0v) is 14.0. The van der Waals surface area contributed by atoms with Gasteiger partial charge in [-0.25, -0.2) is 9.07 Å². The Morgan fingerprint density at radius 3 is 2.92 bits per heavy atom. The van der Waals surface area contributed by atoms with Crippen LogP contribution in [0.5, 0.6) is 0 Å². The van der Waals surface area contributed by atoms with Crippen molar-refractivity contribution >= 4 is 5.97 Å². The van der Waals surface area contributed by atoms with Crippen LogP contribution < -0.4 is 0 Å². The van der Waals surface area contributed by atoms with E-state index in [9.17, 15) is 9.18 Å². The third-order valence-corrected chi connectivity index (χ3v) is 4.19. The molecule has 26 heavy (non-hydrogen) atoms. The van der Waals surface area contributed by atoms with Crippen LogP contribution in [0.15, 0.2) is 40.8 Å². The number of furan rings is 1. The van der Waals surface area contributed by atoms with Gasteiger partial charge >= 0.3 is 5.97 Å². The summed E-state index contributed by atoms with van der Waals surface area (Å²) in [5, 5.41) is 11.4. The van der Waals surface area contributed by atoms with Crippen LogP contribution in [0.3, 0.4) is 0 Å². The summed E-state index contributed by atoms with van der Waals surface area (Å²) < 4.78 is 26.3. The lowest BCUT2D eigenvalue weighted by molar-refractivity contribution is -0.145. The zero-order chi connectivity index (χ0) is 17.9. The number of hydrogen-bond acceptors (Lipinski definition) is 6. The third kappa shape index (κ3) is 3.63. The predicted octanol–water partition coefficient (Wildman–Crippen LogP) is 3.08. The van der Waals surface area contributed by atoms with Gasteiger partial charge in [0.05, 0.1) is 18.0 Å². The second kappa shape index (κ2) is 7.07. The molecule has 3 aromatic rings. The number of halogens is 1. The zero-order valence-electron chi connectivity index (χ0n) is 14.0. The average molecular weight is 356 g/mol. The van der Waals surface area contributed by atoms with Crippen LogP contribution in [0, 0.1) is 5.82 Å². The number of esters is 1. The van der Waals surface area contributed by atoms with E-state index >= 15 is 0 Å². The van der Waals surface area contributed by atoms with Gasteiger partial charge in [-0.05, 0) is 47.5 Å². The standard InChI is InChI=1S/C18H17FN4O3/c19-15-4-2-1-3-14(15)16-9-7-13(26-16)8-10-18(24)25-11-17-20-21-22-23(17)12-5-6-12/h1-4,7,9,12H,5-6,8,10-11H2. The normalized spacial score (nSPS) is 13.7. The molecule has 0 spiro atoms. The molecule has 1 fully saturated rings. The summed E-state index contributed by atoms with van der Waals surface area (Å²) in [5.41, 5.74) is 0.397. The molecule has 7 nitrogen and oxygen atoms in total. The second-order valence-electron chi connectivity index (χ2n) is 6.18. The Kier molecular flexibility index (Phi) is 4.47. The molecule has 1 aliphatic rings. The maximum Gasteiger partial charge on any atom is 0.306 e. The Bertz CT molecular complexity index is 917. The van der Waals surface area contributed by atoms with Crippen molar-refractivity contribution in [3.63, 3.8) is 0 Å². The van der Waals surface area contributed by atoms with Crippen molar-refractivity contribution in [1.29, 1.82) is 0 Å². The first-order valence-electron chi connectivity index (χ1n) is 8.46. The molecule has 4 rings (SSSR count). The van der Waals surface area contributed by atoms with Crippen LogP contribution in [0.1, 0.15) is 36.9 Å². The highest BCUT2D eigenvalue weighted by Crippen LogP contribution is 2.34. The van der Waals surface area contributed by atoms with Crippen LogP contribution in [0.25, 0.3) is 11.3 Å². The number of tetrazole rings is 1. The summed E-state index contributed by atoms with van der Waals surface area (Å²) >= 11 is 0. The molecule has 0 N–H and O–H groups in total. The average Bonchev–Trinajstić information content (AvgIpc) is 3.19. The Morgan fingerprint density at radius 1 is 1.27 bits per heavy atom. The first-order valence-corrected chi connectivity index (χ1v) is 8.46. The van der Waals surface area contributed by atoms with Gasteiger partial charge in [0.15, 0.2) is 12.4 Å². The van der Waals surface area contributed by atoms with E-state index in [0.717, 1.165) is 12.8 Å². The van der Waals surface area contributed by atoms with Crippen LogP contribution >= 0.6 is 0 Å². The summed E-state index contributed by atoms with van der Waals surface area (Å²) in [6, 6.07) is 10.2. The number of nitrogens with zero attached hydrogens (tertiary/aromatic N) is 4. The van der Waals surface area contributed by atoms with Gasteiger partial charge in [-0.15, -0.1) is 5.10 Å². The molecule has 2 aromatic heterocycles. The summed E-state index contributed by atoms with van der Waals surface area (Å²) in [4.78, 5) is 11.9. The van der Waals surface area contributed by atoms with Crippen molar-refractivity contribution in [1.82, 2.24) is 20.2 Å². The van der Waals surface area contributed by atoms with Gasteiger partial charge < -0.3 is 9.15 Å². The number of aromatic nitrogens is 4. The van der Waals surface area contributed by atoms with Crippen LogP contribution in [0.4, 0.5) is 4.39 Å². The summed E-state index contributed by atoms with van der Waals surface area (Å²) in [6.07, 6.45) is 2.64. The lowest BCUT2D eigenvalue weighted by Crippen LogP contribution is -2.10. The fraction of sp³-hybridized carbons (Fsp3) is 0.333. The number of carbonyl (C=O) groups is 1. The van der Waals surface area contributed by atoms with Crippen molar-refractivity contribution in [2.45, 2.75) is 38.3 Å². The topological polar surface area (TPSA) is 83.0 Å². The molecule has 1 aliphatic carbocycles. The lowest BCUT2D eigenvalue weighted by atomic mass is 10.1. The van der Waals surface area contributed by atoms with Crippen LogP contribution in [-0.4, -0.2) is 26.2 Å². The highest BCUT2D eigenvalue weighted by atomic mass is 19.1. The van der Waals surface area contributed by atoms with Gasteiger partial charge in [-0.1, -0.05) is 12.1 Å². The molecule has 0 bridgehead atoms. The summed E-state index contributed by atoms with van der Waals surface area (Å²) in [7, 11) is 0. The molecule has 134 valence electrons. The Morgan fingerprint density at radius 2 is 2.12 bits per heavy atom. The third-order valence-electron chi connectivity index (χ3n) is 4.19. The number of aryl methyl sites for hydroxylation is 1. The first-order chi connectivity index (χ1) is 12.7. The van der Waals surface area contributed by atoms with Crippen molar-refractivity contribution in [3.8, 4) is 11.3 Å². The molecule has 0 radical (unpaired) electrons. The SMILES string of the molecule is O=C(CCc1ccc(-c2ccccc2F)o1)OCc1nnnn1C1CC1. The quantitative estimate of drug-likeness (QED) is 0.605. The van der Waals surface area contributed by atoms with Gasteiger partial charge in [0.25, 0.3) is 0 Å². The fourth-order valence-corrected chi connectivity index (χ4v) is 2.67. The van der Waals surface area contributed by atoms with E-state index in [1.807, 2.05) is 0 Å². The fourth-order valence-electron chi connectivity index (χ4n) is 2.67. The van der Waals surface area contributed by atoms with Gasteiger partial charge in [-0.2, -0.15) is 0 Å². The Labute approximate surface area is 148 Å². The van der Waals surface area contributed by atoms with Crippen molar-refractivity contribution < 1.29 is 18.3 Å². The smallest absolute Gasteiger partial charge is 0.306 e. The molecule has 1 aromatic carbocycles. The van der Waals surface area contributed by atoms with Gasteiger partial charge in [-0.3, -0.25) is 4.79 Å². The van der Waals surface area contributed by atoms with E-state index in [-0.39, 0.29) is 24.8 Å². The van der Waals surface area contributed by atoms with Gasteiger partial charge in [0, 0.05) is 6.42 Å². The highest BCUT2D eigenvalue weighted by molar-refractivity contribution is 5.69. The van der Waals surface area contributed by atoms with Gasteiger partial charge in [0.2, 0.25) is 0 Å². The maximum atomic E-state index is 13.8. The number of hydrogen-bond donors (Lipinski definition) is 0. The molecular weight excluding hydrogens is 339 g/mol. The molecule has 0 aliphatic heterocycles. The molecular formula is C18H17FN4O3. The Hall–Kier alpha value is -3.03. The number of benzene rings is 1. The lowest BCUT2D eigenvalue weighted by Gasteiger charge is -2.04. The van der Waals surface area contributed by atoms with Crippen LogP contribution in [0.2, 0.25) is 0 Å². The minimum absolute atomic E-state index is 0.0565. The van der Waals surface area contributed by atoms with E-state index in [1.54, 1.807) is 35.0 Å². The number of ether oxygens (including phenoxy) is 1. The first kappa shape index (κ1) is 16.4. The minimum atomic E-state index is -0.362. The highest BCUT2D eigenvalue weighted by Gasteiger charge is 2.28. The molecule has 0 amide bonds. The molecule has 0 atom stereocenters.